The lowest BCUT2D eigenvalue weighted by molar-refractivity contribution is 0.0323. The maximum absolute atomic E-state index is 12.2. The largest absolute Gasteiger partial charge is 0.443 e. The third kappa shape index (κ3) is 7.10. The predicted molar refractivity (Wildman–Crippen MR) is 89.0 cm³/mol. The first-order valence-electron chi connectivity index (χ1n) is 6.28. The Morgan fingerprint density at radius 2 is 1.90 bits per heavy atom. The van der Waals surface area contributed by atoms with Gasteiger partial charge in [0.1, 0.15) is 5.60 Å². The van der Waals surface area contributed by atoms with Gasteiger partial charge >= 0.3 is 6.09 Å². The molecule has 0 unspecified atom stereocenters. The highest BCUT2D eigenvalue weighted by molar-refractivity contribution is 9.24. The topological polar surface area (TPSA) is 29.5 Å². The number of amides is 1. The van der Waals surface area contributed by atoms with Gasteiger partial charge in [-0.2, -0.15) is 0 Å². The van der Waals surface area contributed by atoms with Crippen molar-refractivity contribution in [2.75, 3.05) is 0 Å². The lowest BCUT2D eigenvalue weighted by Crippen LogP contribution is -2.33. The number of carbonyl (C=O) groups is 1. The molecule has 1 aromatic carbocycles. The fourth-order valence-corrected chi connectivity index (χ4v) is 1.72. The van der Waals surface area contributed by atoms with Crippen molar-refractivity contribution in [3.63, 3.8) is 0 Å². The second kappa shape index (κ2) is 7.84. The number of nitrogens with zero attached hydrogens (tertiary/aromatic N) is 1. The van der Waals surface area contributed by atoms with Crippen LogP contribution < -0.4 is 0 Å². The molecular weight excluding hydrogens is 386 g/mol. The summed E-state index contributed by atoms with van der Waals surface area (Å²) in [6.07, 6.45) is 3.18. The van der Waals surface area contributed by atoms with Crippen molar-refractivity contribution in [2.24, 2.45) is 0 Å². The SMILES string of the molecule is CC(C)(C)OC(=O)N(/C=C/C(Br)Br)Cc1ccccc1. The normalized spacial score (nSPS) is 11.9. The molecule has 20 heavy (non-hydrogen) atoms. The van der Waals surface area contributed by atoms with Gasteiger partial charge in [-0.25, -0.2) is 4.79 Å². The van der Waals surface area contributed by atoms with Gasteiger partial charge in [0.15, 0.2) is 0 Å². The van der Waals surface area contributed by atoms with Crippen LogP contribution in [0.1, 0.15) is 26.3 Å². The fraction of sp³-hybridized carbons (Fsp3) is 0.400. The van der Waals surface area contributed by atoms with Gasteiger partial charge in [-0.05, 0) is 32.4 Å². The Labute approximate surface area is 137 Å². The second-order valence-electron chi connectivity index (χ2n) is 5.27. The van der Waals surface area contributed by atoms with Crippen LogP contribution in [0.4, 0.5) is 4.79 Å². The summed E-state index contributed by atoms with van der Waals surface area (Å²) in [5.41, 5.74) is 0.533. The van der Waals surface area contributed by atoms with Gasteiger partial charge < -0.3 is 4.74 Å². The fourth-order valence-electron chi connectivity index (χ4n) is 1.45. The van der Waals surface area contributed by atoms with Gasteiger partial charge in [0, 0.05) is 6.20 Å². The summed E-state index contributed by atoms with van der Waals surface area (Å²) in [6, 6.07) is 9.80. The minimum atomic E-state index is -0.512. The molecule has 0 saturated carbocycles. The first-order chi connectivity index (χ1) is 9.28. The Morgan fingerprint density at radius 1 is 1.30 bits per heavy atom. The number of halogens is 2. The first-order valence-corrected chi connectivity index (χ1v) is 8.11. The highest BCUT2D eigenvalue weighted by atomic mass is 79.9. The summed E-state index contributed by atoms with van der Waals surface area (Å²) in [4.78, 5) is 13.7. The van der Waals surface area contributed by atoms with Crippen molar-refractivity contribution in [2.45, 2.75) is 36.7 Å². The maximum Gasteiger partial charge on any atom is 0.414 e. The van der Waals surface area contributed by atoms with Crippen LogP contribution in [0.5, 0.6) is 0 Å². The van der Waals surface area contributed by atoms with Crippen LogP contribution in [0.15, 0.2) is 42.6 Å². The van der Waals surface area contributed by atoms with Crippen molar-refractivity contribution in [3.8, 4) is 0 Å². The van der Waals surface area contributed by atoms with E-state index in [-0.39, 0.29) is 9.83 Å². The van der Waals surface area contributed by atoms with Crippen molar-refractivity contribution in [1.29, 1.82) is 0 Å². The summed E-state index contributed by atoms with van der Waals surface area (Å²) in [5.74, 6) is 0. The highest BCUT2D eigenvalue weighted by Crippen LogP contribution is 2.15. The molecule has 0 aliphatic rings. The zero-order chi connectivity index (χ0) is 15.2. The van der Waals surface area contributed by atoms with Crippen molar-refractivity contribution >= 4 is 38.0 Å². The Kier molecular flexibility index (Phi) is 6.76. The molecule has 5 heteroatoms. The monoisotopic (exact) mass is 403 g/mol. The van der Waals surface area contributed by atoms with Crippen LogP contribution in [-0.2, 0) is 11.3 Å². The molecule has 0 radical (unpaired) electrons. The van der Waals surface area contributed by atoms with E-state index in [2.05, 4.69) is 31.9 Å². The Bertz CT molecular complexity index is 453. The average molecular weight is 405 g/mol. The zero-order valence-corrected chi connectivity index (χ0v) is 15.0. The van der Waals surface area contributed by atoms with E-state index in [0.29, 0.717) is 6.54 Å². The van der Waals surface area contributed by atoms with Crippen molar-refractivity contribution < 1.29 is 9.53 Å². The number of benzene rings is 1. The van der Waals surface area contributed by atoms with E-state index in [1.165, 1.54) is 0 Å². The molecule has 0 heterocycles. The number of ether oxygens (including phenoxy) is 1. The van der Waals surface area contributed by atoms with E-state index < -0.39 is 5.60 Å². The molecule has 1 aromatic rings. The maximum atomic E-state index is 12.2. The second-order valence-corrected chi connectivity index (χ2v) is 8.47. The zero-order valence-electron chi connectivity index (χ0n) is 11.8. The highest BCUT2D eigenvalue weighted by Gasteiger charge is 2.20. The summed E-state index contributed by atoms with van der Waals surface area (Å²) < 4.78 is 5.42. The van der Waals surface area contributed by atoms with Crippen LogP contribution in [0.2, 0.25) is 0 Å². The molecule has 0 N–H and O–H groups in total. The van der Waals surface area contributed by atoms with E-state index >= 15 is 0 Å². The molecule has 0 aliphatic carbocycles. The molecule has 1 rings (SSSR count). The predicted octanol–water partition coefficient (Wildman–Crippen LogP) is 5.05. The smallest absolute Gasteiger partial charge is 0.414 e. The number of alkyl halides is 2. The van der Waals surface area contributed by atoms with Crippen LogP contribution in [-0.4, -0.2) is 20.3 Å². The molecule has 0 aromatic heterocycles. The standard InChI is InChI=1S/C15H19Br2NO2/c1-15(2,3)20-14(19)18(10-9-13(16)17)11-12-7-5-4-6-8-12/h4-10,13H,11H2,1-3H3/b10-9+. The average Bonchev–Trinajstić information content (AvgIpc) is 2.33. The molecule has 0 aliphatic heterocycles. The molecule has 0 atom stereocenters. The molecular formula is C15H19Br2NO2. The molecule has 1 amide bonds. The Balaban J connectivity index is 2.82. The van der Waals surface area contributed by atoms with E-state index in [1.54, 1.807) is 11.1 Å². The minimum absolute atomic E-state index is 0.00992. The van der Waals surface area contributed by atoms with Crippen molar-refractivity contribution in [3.05, 3.63) is 48.2 Å². The van der Waals surface area contributed by atoms with Gasteiger partial charge in [-0.15, -0.1) is 0 Å². The number of allylic oxidation sites excluding steroid dienone is 1. The lowest BCUT2D eigenvalue weighted by Gasteiger charge is -2.25. The third-order valence-corrected chi connectivity index (χ3v) is 2.85. The van der Waals surface area contributed by atoms with E-state index in [4.69, 9.17) is 4.74 Å². The van der Waals surface area contributed by atoms with E-state index in [1.807, 2.05) is 57.2 Å². The molecule has 0 fully saturated rings. The summed E-state index contributed by atoms with van der Waals surface area (Å²) >= 11 is 6.70. The molecule has 110 valence electrons. The molecule has 0 bridgehead atoms. The first kappa shape index (κ1) is 17.2. The summed E-state index contributed by atoms with van der Waals surface area (Å²) in [6.45, 7) is 6.03. The number of carbonyl (C=O) groups excluding carboxylic acids is 1. The number of hydrogen-bond donors (Lipinski definition) is 0. The molecule has 0 spiro atoms. The van der Waals surface area contributed by atoms with Gasteiger partial charge in [0.05, 0.1) is 10.3 Å². The van der Waals surface area contributed by atoms with Crippen LogP contribution in [0.25, 0.3) is 0 Å². The number of hydrogen-bond acceptors (Lipinski definition) is 2. The van der Waals surface area contributed by atoms with Gasteiger partial charge in [0.2, 0.25) is 0 Å². The minimum Gasteiger partial charge on any atom is -0.443 e. The summed E-state index contributed by atoms with van der Waals surface area (Å²) in [5, 5.41) is 0. The third-order valence-electron chi connectivity index (χ3n) is 2.24. The summed E-state index contributed by atoms with van der Waals surface area (Å²) in [7, 11) is 0. The molecule has 3 nitrogen and oxygen atoms in total. The van der Waals surface area contributed by atoms with Gasteiger partial charge in [0.25, 0.3) is 0 Å². The van der Waals surface area contributed by atoms with Crippen LogP contribution in [0.3, 0.4) is 0 Å². The van der Waals surface area contributed by atoms with E-state index in [0.717, 1.165) is 5.56 Å². The molecule has 0 saturated heterocycles. The lowest BCUT2D eigenvalue weighted by atomic mass is 10.2. The Hall–Kier alpha value is -0.810. The van der Waals surface area contributed by atoms with Gasteiger partial charge in [-0.1, -0.05) is 62.2 Å². The van der Waals surface area contributed by atoms with Crippen molar-refractivity contribution in [1.82, 2.24) is 4.90 Å². The van der Waals surface area contributed by atoms with Crippen LogP contribution >= 0.6 is 31.9 Å². The van der Waals surface area contributed by atoms with E-state index in [9.17, 15) is 4.79 Å². The van der Waals surface area contributed by atoms with Crippen LogP contribution in [0, 0.1) is 0 Å². The Morgan fingerprint density at radius 3 is 2.40 bits per heavy atom. The number of rotatable bonds is 4. The van der Waals surface area contributed by atoms with Gasteiger partial charge in [-0.3, -0.25) is 4.90 Å². The quantitative estimate of drug-likeness (QED) is 0.656.